The molecule has 9 heteroatoms. The highest BCUT2D eigenvalue weighted by Crippen LogP contribution is 2.31. The molecule has 1 aliphatic rings. The first-order chi connectivity index (χ1) is 15.0. The number of rotatable bonds is 4. The van der Waals surface area contributed by atoms with E-state index in [2.05, 4.69) is 10.1 Å². The molecule has 0 bridgehead atoms. The van der Waals surface area contributed by atoms with E-state index in [-0.39, 0.29) is 24.0 Å². The van der Waals surface area contributed by atoms with Crippen LogP contribution in [0.5, 0.6) is 0 Å². The zero-order valence-electron chi connectivity index (χ0n) is 19.5. The molecule has 9 nitrogen and oxygen atoms in total. The second-order valence-electron chi connectivity index (χ2n) is 8.67. The van der Waals surface area contributed by atoms with Gasteiger partial charge in [-0.1, -0.05) is 23.8 Å². The number of hydrogen-bond donors (Lipinski definition) is 0. The van der Waals surface area contributed by atoms with Crippen molar-refractivity contribution in [2.75, 3.05) is 5.01 Å². The SMILES string of the molecule is CC(=O)[C@H](C)N1N=C(C)[C@@H](C)n2c1nc1c2c(=O)n(Cc2cc(C)ccc2C)c(=O)n1C. The van der Waals surface area contributed by atoms with Crippen LogP contribution >= 0.6 is 0 Å². The Kier molecular flexibility index (Phi) is 5.15. The predicted molar refractivity (Wildman–Crippen MR) is 125 cm³/mol. The molecule has 2 atom stereocenters. The smallest absolute Gasteiger partial charge is 0.298 e. The summed E-state index contributed by atoms with van der Waals surface area (Å²) in [5.41, 5.74) is 3.51. The normalized spacial score (nSPS) is 16.8. The van der Waals surface area contributed by atoms with Gasteiger partial charge in [-0.15, -0.1) is 0 Å². The van der Waals surface area contributed by atoms with Gasteiger partial charge in [0.15, 0.2) is 16.9 Å². The fourth-order valence-corrected chi connectivity index (χ4v) is 4.05. The molecule has 32 heavy (non-hydrogen) atoms. The monoisotopic (exact) mass is 436 g/mol. The number of ketones is 1. The van der Waals surface area contributed by atoms with Crippen molar-refractivity contribution in [1.82, 2.24) is 18.7 Å². The van der Waals surface area contributed by atoms with Crippen LogP contribution in [0.4, 0.5) is 5.95 Å². The molecule has 3 heterocycles. The molecule has 168 valence electrons. The predicted octanol–water partition coefficient (Wildman–Crippen LogP) is 2.30. The summed E-state index contributed by atoms with van der Waals surface area (Å²) in [6.07, 6.45) is 0. The third kappa shape index (κ3) is 3.19. The number of carbonyl (C=O) groups is 1. The van der Waals surface area contributed by atoms with E-state index < -0.39 is 17.3 Å². The van der Waals surface area contributed by atoms with Crippen LogP contribution in [-0.2, 0) is 18.4 Å². The summed E-state index contributed by atoms with van der Waals surface area (Å²) in [4.78, 5) is 43.5. The van der Waals surface area contributed by atoms with Crippen LogP contribution in [0.2, 0.25) is 0 Å². The maximum atomic E-state index is 13.7. The largest absolute Gasteiger partial charge is 0.332 e. The fraction of sp³-hybridized carbons (Fsp3) is 0.435. The van der Waals surface area contributed by atoms with Crippen molar-refractivity contribution >= 4 is 28.6 Å². The Morgan fingerprint density at radius 3 is 2.53 bits per heavy atom. The van der Waals surface area contributed by atoms with Gasteiger partial charge in [0.25, 0.3) is 5.56 Å². The minimum absolute atomic E-state index is 0.0732. The number of benzene rings is 1. The van der Waals surface area contributed by atoms with Gasteiger partial charge in [0.05, 0.1) is 18.3 Å². The van der Waals surface area contributed by atoms with Crippen molar-refractivity contribution in [3.63, 3.8) is 0 Å². The van der Waals surface area contributed by atoms with Crippen LogP contribution in [0, 0.1) is 13.8 Å². The molecule has 0 radical (unpaired) electrons. The Labute approximate surface area is 185 Å². The average molecular weight is 437 g/mol. The molecule has 0 fully saturated rings. The molecule has 0 amide bonds. The van der Waals surface area contributed by atoms with E-state index in [0.29, 0.717) is 11.5 Å². The fourth-order valence-electron chi connectivity index (χ4n) is 4.05. The quantitative estimate of drug-likeness (QED) is 0.626. The summed E-state index contributed by atoms with van der Waals surface area (Å²) in [5.74, 6) is 0.313. The van der Waals surface area contributed by atoms with Crippen LogP contribution in [0.15, 0.2) is 32.9 Å². The number of hydrazone groups is 1. The second kappa shape index (κ2) is 7.58. The first-order valence-corrected chi connectivity index (χ1v) is 10.7. The number of aromatic nitrogens is 4. The van der Waals surface area contributed by atoms with Gasteiger partial charge in [-0.2, -0.15) is 10.1 Å². The Morgan fingerprint density at radius 2 is 1.88 bits per heavy atom. The lowest BCUT2D eigenvalue weighted by atomic mass is 10.1. The van der Waals surface area contributed by atoms with Crippen LogP contribution in [0.25, 0.3) is 11.2 Å². The summed E-state index contributed by atoms with van der Waals surface area (Å²) in [6.45, 7) is 11.1. The Hall–Kier alpha value is -3.49. The molecule has 0 unspecified atom stereocenters. The lowest BCUT2D eigenvalue weighted by Gasteiger charge is -2.31. The number of fused-ring (bicyclic) bond motifs is 3. The third-order valence-corrected chi connectivity index (χ3v) is 6.41. The number of nitrogens with zero attached hydrogens (tertiary/aromatic N) is 6. The molecule has 0 saturated heterocycles. The molecule has 2 aromatic heterocycles. The maximum Gasteiger partial charge on any atom is 0.332 e. The Bertz CT molecular complexity index is 1410. The van der Waals surface area contributed by atoms with Gasteiger partial charge < -0.3 is 0 Å². The van der Waals surface area contributed by atoms with Gasteiger partial charge in [-0.3, -0.25) is 23.3 Å². The van der Waals surface area contributed by atoms with Crippen LogP contribution in [0.1, 0.15) is 50.4 Å². The van der Waals surface area contributed by atoms with Crippen molar-refractivity contribution in [1.29, 1.82) is 0 Å². The van der Waals surface area contributed by atoms with E-state index >= 15 is 0 Å². The molecular weight excluding hydrogens is 408 g/mol. The lowest BCUT2D eigenvalue weighted by Crippen LogP contribution is -2.42. The summed E-state index contributed by atoms with van der Waals surface area (Å²) in [5, 5.41) is 6.10. The molecule has 1 aromatic carbocycles. The number of aryl methyl sites for hydroxylation is 3. The van der Waals surface area contributed by atoms with Crippen LogP contribution < -0.4 is 16.3 Å². The van der Waals surface area contributed by atoms with Gasteiger partial charge in [-0.25, -0.2) is 9.80 Å². The second-order valence-corrected chi connectivity index (χ2v) is 8.67. The molecule has 4 rings (SSSR count). The van der Waals surface area contributed by atoms with Gasteiger partial charge in [0, 0.05) is 7.05 Å². The number of imidazole rings is 1. The lowest BCUT2D eigenvalue weighted by molar-refractivity contribution is -0.118. The van der Waals surface area contributed by atoms with Crippen LogP contribution in [0.3, 0.4) is 0 Å². The number of carbonyl (C=O) groups excluding carboxylic acids is 1. The molecule has 0 saturated carbocycles. The first-order valence-electron chi connectivity index (χ1n) is 10.7. The Balaban J connectivity index is 2.01. The number of Topliss-reactive ketones (excluding diaryl/α,β-unsaturated/α-hetero) is 1. The zero-order chi connectivity index (χ0) is 23.5. The van der Waals surface area contributed by atoms with Crippen molar-refractivity contribution in [2.24, 2.45) is 12.1 Å². The highest BCUT2D eigenvalue weighted by molar-refractivity contribution is 5.93. The molecular formula is C23H28N6O3. The van der Waals surface area contributed by atoms with Crippen molar-refractivity contribution in [2.45, 2.75) is 60.2 Å². The van der Waals surface area contributed by atoms with E-state index in [4.69, 9.17) is 0 Å². The molecule has 3 aromatic rings. The standard InChI is InChI=1S/C23H28N6O3/c1-12-8-9-13(2)18(10-12)11-27-21(31)19-20(26(7)23(27)32)24-22-28(19)15(4)14(3)25-29(22)16(5)17(6)30/h8-10,15-16H,11H2,1-7H3/t15-,16+/m1/s1. The van der Waals surface area contributed by atoms with Crippen molar-refractivity contribution < 1.29 is 4.79 Å². The van der Waals surface area contributed by atoms with Gasteiger partial charge in [0.1, 0.15) is 6.04 Å². The van der Waals surface area contributed by atoms with E-state index in [1.165, 1.54) is 21.1 Å². The molecule has 1 aliphatic heterocycles. The summed E-state index contributed by atoms with van der Waals surface area (Å²) in [6, 6.07) is 5.19. The van der Waals surface area contributed by atoms with Crippen molar-refractivity contribution in [3.05, 3.63) is 55.7 Å². The maximum absolute atomic E-state index is 13.7. The van der Waals surface area contributed by atoms with E-state index in [0.717, 1.165) is 22.4 Å². The summed E-state index contributed by atoms with van der Waals surface area (Å²) < 4.78 is 4.44. The van der Waals surface area contributed by atoms with Gasteiger partial charge >= 0.3 is 5.69 Å². The van der Waals surface area contributed by atoms with Gasteiger partial charge in [-0.05, 0) is 52.7 Å². The minimum atomic E-state index is -0.554. The Morgan fingerprint density at radius 1 is 1.19 bits per heavy atom. The topological polar surface area (TPSA) is 94.5 Å². The van der Waals surface area contributed by atoms with Crippen molar-refractivity contribution in [3.8, 4) is 0 Å². The zero-order valence-corrected chi connectivity index (χ0v) is 19.5. The first kappa shape index (κ1) is 21.7. The number of anilines is 1. The highest BCUT2D eigenvalue weighted by Gasteiger charge is 2.33. The molecule has 0 aliphatic carbocycles. The van der Waals surface area contributed by atoms with E-state index in [1.54, 1.807) is 18.5 Å². The van der Waals surface area contributed by atoms with E-state index in [9.17, 15) is 14.4 Å². The third-order valence-electron chi connectivity index (χ3n) is 6.41. The van der Waals surface area contributed by atoms with Crippen LogP contribution in [-0.4, -0.2) is 36.2 Å². The summed E-state index contributed by atoms with van der Waals surface area (Å²) >= 11 is 0. The minimum Gasteiger partial charge on any atom is -0.298 e. The molecule has 0 spiro atoms. The molecule has 0 N–H and O–H groups in total. The van der Waals surface area contributed by atoms with E-state index in [1.807, 2.05) is 45.9 Å². The van der Waals surface area contributed by atoms with Gasteiger partial charge in [0.2, 0.25) is 5.95 Å². The average Bonchev–Trinajstić information content (AvgIpc) is 3.15. The number of hydrogen-bond acceptors (Lipinski definition) is 6. The summed E-state index contributed by atoms with van der Waals surface area (Å²) in [7, 11) is 1.61. The highest BCUT2D eigenvalue weighted by atomic mass is 16.2.